The molecule has 0 saturated carbocycles. The molecule has 0 saturated heterocycles. The minimum Gasteiger partial charge on any atom is -0.453 e. The lowest BCUT2D eigenvalue weighted by Crippen LogP contribution is -2.34. The number of carbonyl (C=O) groups excluding carboxylic acids is 1. The smallest absolute Gasteiger partial charge is 0.407 e. The molecule has 3 rings (SSSR count). The van der Waals surface area contributed by atoms with E-state index in [2.05, 4.69) is 40.9 Å². The monoisotopic (exact) mass is 610 g/mol. The van der Waals surface area contributed by atoms with Crippen molar-refractivity contribution in [2.75, 3.05) is 14.2 Å². The number of nitro groups is 1. The number of carbonyl (C=O) groups is 1. The molecule has 2 heterocycles. The van der Waals surface area contributed by atoms with Gasteiger partial charge >= 0.3 is 6.09 Å². The number of nitrogens with one attached hydrogen (secondary N) is 3. The van der Waals surface area contributed by atoms with E-state index in [0.29, 0.717) is 28.4 Å². The summed E-state index contributed by atoms with van der Waals surface area (Å²) < 4.78 is 4.98. The van der Waals surface area contributed by atoms with E-state index in [1.54, 1.807) is 12.3 Å². The third-order valence-electron chi connectivity index (χ3n) is 4.81. The molecule has 40 heavy (non-hydrogen) atoms. The number of oxime groups is 1. The highest BCUT2D eigenvalue weighted by Crippen LogP contribution is 2.19. The summed E-state index contributed by atoms with van der Waals surface area (Å²) in [6.45, 7) is 4.71. The first-order chi connectivity index (χ1) is 19.1. The predicted molar refractivity (Wildman–Crippen MR) is 154 cm³/mol. The number of nitrogens with zero attached hydrogens (tertiary/aromatic N) is 5. The topological polar surface area (TPSA) is 165 Å². The molecule has 3 aromatic rings. The number of guanidine groups is 1. The number of hydrazone groups is 1. The van der Waals surface area contributed by atoms with Gasteiger partial charge in [0, 0.05) is 35.4 Å². The zero-order valence-corrected chi connectivity index (χ0v) is 24.4. The van der Waals surface area contributed by atoms with Crippen molar-refractivity contribution in [1.82, 2.24) is 25.9 Å². The Labute approximate surface area is 244 Å². The molecule has 0 radical (unpaired) electrons. The van der Waals surface area contributed by atoms with Crippen LogP contribution in [0.1, 0.15) is 34.3 Å². The van der Waals surface area contributed by atoms with Gasteiger partial charge in [-0.15, -0.1) is 11.3 Å². The maximum absolute atomic E-state index is 11.2. The number of ether oxygens (including phenoxy) is 1. The number of methoxy groups -OCH3 is 1. The third-order valence-corrected chi connectivity index (χ3v) is 6.29. The first-order valence-electron chi connectivity index (χ1n) is 11.6. The lowest BCUT2D eigenvalue weighted by molar-refractivity contribution is -0.485. The summed E-state index contributed by atoms with van der Waals surface area (Å²) in [5, 5.41) is 25.0. The van der Waals surface area contributed by atoms with Gasteiger partial charge in [0.1, 0.15) is 5.10 Å². The van der Waals surface area contributed by atoms with Crippen LogP contribution in [0.25, 0.3) is 0 Å². The van der Waals surface area contributed by atoms with Crippen LogP contribution < -0.4 is 16.0 Å². The van der Waals surface area contributed by atoms with Gasteiger partial charge in [0.05, 0.1) is 25.1 Å². The second kappa shape index (κ2) is 16.8. The molecule has 16 heteroatoms. The minimum atomic E-state index is -0.779. The number of alkyl carbamates (subject to hydrolysis) is 1. The fourth-order valence-electron chi connectivity index (χ4n) is 2.89. The van der Waals surface area contributed by atoms with Gasteiger partial charge in [0.15, 0.2) is 16.1 Å². The van der Waals surface area contributed by atoms with Gasteiger partial charge < -0.3 is 25.5 Å². The van der Waals surface area contributed by atoms with Crippen LogP contribution in [0.5, 0.6) is 0 Å². The zero-order valence-electron chi connectivity index (χ0n) is 22.1. The van der Waals surface area contributed by atoms with Crippen LogP contribution in [0.2, 0.25) is 9.49 Å². The number of halogens is 2. The van der Waals surface area contributed by atoms with E-state index >= 15 is 0 Å². The summed E-state index contributed by atoms with van der Waals surface area (Å²) >= 11 is 13.1. The molecule has 13 nitrogen and oxygen atoms in total. The Hall–Kier alpha value is -4.01. The Kier molecular flexibility index (Phi) is 13.6. The number of hydrogen-bond acceptors (Lipinski definition) is 9. The van der Waals surface area contributed by atoms with Crippen molar-refractivity contribution >= 4 is 52.3 Å². The quantitative estimate of drug-likeness (QED) is 0.137. The Morgan fingerprint density at radius 3 is 2.60 bits per heavy atom. The lowest BCUT2D eigenvalue weighted by atomic mass is 10.1. The Balaban J connectivity index is 0.000000319. The second-order valence-corrected chi connectivity index (χ2v) is 9.85. The van der Waals surface area contributed by atoms with Crippen molar-refractivity contribution in [2.45, 2.75) is 33.5 Å². The first kappa shape index (κ1) is 32.2. The van der Waals surface area contributed by atoms with Gasteiger partial charge in [0.2, 0.25) is 0 Å². The van der Waals surface area contributed by atoms with Gasteiger partial charge in [-0.25, -0.2) is 19.9 Å². The van der Waals surface area contributed by atoms with E-state index < -0.39 is 11.1 Å². The van der Waals surface area contributed by atoms with E-state index in [0.717, 1.165) is 27.4 Å². The van der Waals surface area contributed by atoms with Gasteiger partial charge in [0.25, 0.3) is 5.96 Å². The molecule has 0 fully saturated rings. The summed E-state index contributed by atoms with van der Waals surface area (Å²) in [6, 6.07) is 11.2. The number of aryl methyl sites for hydroxylation is 1. The van der Waals surface area contributed by atoms with Crippen LogP contribution >= 0.6 is 34.5 Å². The van der Waals surface area contributed by atoms with Crippen LogP contribution in [0.4, 0.5) is 4.79 Å². The molecule has 0 spiro atoms. The Morgan fingerprint density at radius 1 is 1.20 bits per heavy atom. The third kappa shape index (κ3) is 11.8. The highest BCUT2D eigenvalue weighted by atomic mass is 35.5. The van der Waals surface area contributed by atoms with Crippen LogP contribution in [-0.4, -0.2) is 46.9 Å². The maximum atomic E-state index is 11.2. The average molecular weight is 612 g/mol. The number of pyridine rings is 1. The van der Waals surface area contributed by atoms with Gasteiger partial charge in [-0.05, 0) is 49.2 Å². The normalized spacial score (nSPS) is 11.2. The lowest BCUT2D eigenvalue weighted by Gasteiger charge is -2.09. The number of benzene rings is 1. The Morgan fingerprint density at radius 2 is 1.98 bits per heavy atom. The van der Waals surface area contributed by atoms with Crippen molar-refractivity contribution in [3.8, 4) is 0 Å². The van der Waals surface area contributed by atoms with Crippen molar-refractivity contribution in [3.05, 3.63) is 89.6 Å². The molecule has 0 aliphatic rings. The highest BCUT2D eigenvalue weighted by molar-refractivity contribution is 7.15. The summed E-state index contributed by atoms with van der Waals surface area (Å²) in [5.74, 6) is 0.0875. The number of aromatic nitrogens is 2. The number of amides is 1. The number of rotatable bonds is 9. The van der Waals surface area contributed by atoms with Gasteiger partial charge in [-0.3, -0.25) is 4.98 Å². The molecule has 214 valence electrons. The van der Waals surface area contributed by atoms with Crippen LogP contribution in [0.15, 0.2) is 52.9 Å². The standard InChI is InChI=1S/C18H20ClN3O3.C6H8ClN5O2S/c1-12-5-4-6-16(21-12)11-25-22-13(2)14-7-8-17(19)15(9-14)10-20-18(23)24-3;1-8-6(11-12(13)14)10-3-4-2-9-5(7)15-4/h4-9H,10-11H2,1-3H3,(H,20,23);2H,3H2,1H3,(H2,8,10,11)/b22-13+;. The molecule has 3 N–H and O–H groups in total. The maximum Gasteiger partial charge on any atom is 0.407 e. The van der Waals surface area contributed by atoms with Crippen molar-refractivity contribution in [1.29, 1.82) is 0 Å². The van der Waals surface area contributed by atoms with E-state index in [1.165, 1.54) is 25.5 Å². The van der Waals surface area contributed by atoms with E-state index in [4.69, 9.17) is 28.0 Å². The van der Waals surface area contributed by atoms with Crippen LogP contribution in [0, 0.1) is 17.0 Å². The van der Waals surface area contributed by atoms with Crippen LogP contribution in [0.3, 0.4) is 0 Å². The summed E-state index contributed by atoms with van der Waals surface area (Å²) in [7, 11) is 2.85. The summed E-state index contributed by atoms with van der Waals surface area (Å²) in [6.07, 6.45) is 1.08. The van der Waals surface area contributed by atoms with Crippen molar-refractivity contribution in [2.24, 2.45) is 10.3 Å². The fraction of sp³-hybridized carbons (Fsp3) is 0.292. The van der Waals surface area contributed by atoms with E-state index in [9.17, 15) is 14.9 Å². The SMILES string of the molecule is CN/C(=N\[N+](=O)[O-])NCc1cnc(Cl)s1.COC(=O)NCc1cc(/C(C)=N/OCc2cccc(C)n2)ccc1Cl. The average Bonchev–Trinajstić information content (AvgIpc) is 3.35. The largest absolute Gasteiger partial charge is 0.453 e. The van der Waals surface area contributed by atoms with Gasteiger partial charge in [-0.2, -0.15) is 0 Å². The second-order valence-electron chi connectivity index (χ2n) is 7.74. The highest BCUT2D eigenvalue weighted by Gasteiger charge is 2.07. The van der Waals surface area contributed by atoms with Crippen molar-refractivity contribution in [3.63, 3.8) is 0 Å². The molecule has 1 amide bonds. The van der Waals surface area contributed by atoms with Crippen molar-refractivity contribution < 1.29 is 19.4 Å². The summed E-state index contributed by atoms with van der Waals surface area (Å²) in [5.41, 5.74) is 4.06. The molecule has 1 aromatic carbocycles. The molecule has 0 aliphatic carbocycles. The van der Waals surface area contributed by atoms with Crippen LogP contribution in [-0.2, 0) is 29.3 Å². The molecule has 0 atom stereocenters. The summed E-state index contributed by atoms with van der Waals surface area (Å²) in [4.78, 5) is 35.7. The molecule has 0 aliphatic heterocycles. The molecule has 0 bridgehead atoms. The van der Waals surface area contributed by atoms with E-state index in [1.807, 2.05) is 44.2 Å². The first-order valence-corrected chi connectivity index (χ1v) is 13.1. The zero-order chi connectivity index (χ0) is 29.5. The molecule has 2 aromatic heterocycles. The predicted octanol–water partition coefficient (Wildman–Crippen LogP) is 4.49. The number of thiazole rings is 1. The van der Waals surface area contributed by atoms with Gasteiger partial charge in [-0.1, -0.05) is 40.5 Å². The number of hydrogen-bond donors (Lipinski definition) is 3. The Bertz CT molecular complexity index is 1350. The molecular formula is C24H28Cl2N8O5S. The molecular weight excluding hydrogens is 583 g/mol. The van der Waals surface area contributed by atoms with E-state index in [-0.39, 0.29) is 12.5 Å². The fourth-order valence-corrected chi connectivity index (χ4v) is 4.00. The molecule has 0 unspecified atom stereocenters. The minimum absolute atomic E-state index is 0.0875.